The van der Waals surface area contributed by atoms with Gasteiger partial charge in [-0.25, -0.2) is 4.98 Å². The molecule has 3 rings (SSSR count). The molecule has 0 unspecified atom stereocenters. The number of rotatable bonds is 7. The topological polar surface area (TPSA) is 99.6 Å². The van der Waals surface area contributed by atoms with Crippen LogP contribution in [0.4, 0.5) is 5.69 Å². The van der Waals surface area contributed by atoms with Gasteiger partial charge in [-0.1, -0.05) is 66.5 Å². The monoisotopic (exact) mass is 592 g/mol. The Hall–Kier alpha value is -2.59. The number of halogens is 2. The van der Waals surface area contributed by atoms with E-state index in [9.17, 15) is 14.9 Å². The van der Waals surface area contributed by atoms with E-state index in [1.54, 1.807) is 18.2 Å². The van der Waals surface area contributed by atoms with Gasteiger partial charge in [0, 0.05) is 26.5 Å². The lowest BCUT2D eigenvalue weighted by molar-refractivity contribution is -0.386. The third kappa shape index (κ3) is 5.90. The molecule has 0 bridgehead atoms. The molecule has 0 aliphatic carbocycles. The highest BCUT2D eigenvalue weighted by atomic mass is 79.9. The molecule has 0 N–H and O–H groups in total. The second-order valence-electron chi connectivity index (χ2n) is 9.25. The van der Waals surface area contributed by atoms with Crippen LogP contribution >= 0.6 is 31.9 Å². The van der Waals surface area contributed by atoms with Crippen LogP contribution in [0.15, 0.2) is 49.2 Å². The van der Waals surface area contributed by atoms with Gasteiger partial charge in [-0.15, -0.1) is 0 Å². The third-order valence-electron chi connectivity index (χ3n) is 5.11. The minimum absolute atomic E-state index is 0.0358. The summed E-state index contributed by atoms with van der Waals surface area (Å²) in [6, 6.07) is 8.40. The smallest absolute Gasteiger partial charge is 0.312 e. The van der Waals surface area contributed by atoms with Gasteiger partial charge in [0.25, 0.3) is 5.56 Å². The van der Waals surface area contributed by atoms with Gasteiger partial charge >= 0.3 is 5.69 Å². The maximum atomic E-state index is 13.4. The molecule has 10 heteroatoms. The maximum Gasteiger partial charge on any atom is 0.312 e. The van der Waals surface area contributed by atoms with Gasteiger partial charge in [0.15, 0.2) is 0 Å². The molecule has 0 aliphatic heterocycles. The molecule has 0 spiro atoms. The minimum Gasteiger partial charge on any atom is -0.486 e. The van der Waals surface area contributed by atoms with Crippen LogP contribution in [0.2, 0.25) is 0 Å². The van der Waals surface area contributed by atoms with Crippen molar-refractivity contribution < 1.29 is 9.66 Å². The summed E-state index contributed by atoms with van der Waals surface area (Å²) >= 11 is 6.73. The minimum atomic E-state index is -0.494. The molecule has 0 aliphatic rings. The Morgan fingerprint density at radius 2 is 1.94 bits per heavy atom. The normalized spacial score (nSPS) is 12.9. The number of aromatic nitrogens is 2. The zero-order valence-corrected chi connectivity index (χ0v) is 22.8. The van der Waals surface area contributed by atoms with Crippen molar-refractivity contribution >= 4 is 54.7 Å². The van der Waals surface area contributed by atoms with E-state index >= 15 is 0 Å². The molecule has 2 aromatic carbocycles. The number of benzene rings is 2. The van der Waals surface area contributed by atoms with Crippen LogP contribution in [0.5, 0.6) is 5.75 Å². The summed E-state index contributed by atoms with van der Waals surface area (Å²) in [5.74, 6) is 0.577. The average Bonchev–Trinajstić information content (AvgIpc) is 2.76. The second kappa shape index (κ2) is 10.4. The molecule has 34 heavy (non-hydrogen) atoms. The summed E-state index contributed by atoms with van der Waals surface area (Å²) in [4.78, 5) is 29.3. The molecule has 0 saturated heterocycles. The maximum absolute atomic E-state index is 13.4. The Morgan fingerprint density at radius 3 is 2.56 bits per heavy atom. The SMILES string of the molecule is CC[C@@H](C)c1nc2ccc(Br)cc2c(=O)n1N=Cc1cc(Br)cc([N+](=O)[O-])c1OCC(C)(C)C. The predicted octanol–water partition coefficient (Wildman–Crippen LogP) is 6.65. The predicted molar refractivity (Wildman–Crippen MR) is 141 cm³/mol. The van der Waals surface area contributed by atoms with Gasteiger partial charge in [0.1, 0.15) is 5.82 Å². The molecule has 1 atom stereocenters. The lowest BCUT2D eigenvalue weighted by Crippen LogP contribution is -2.24. The Bertz CT molecular complexity index is 1330. The fraction of sp³-hybridized carbons (Fsp3) is 0.375. The van der Waals surface area contributed by atoms with E-state index < -0.39 is 4.92 Å². The van der Waals surface area contributed by atoms with Crippen LogP contribution in [0.1, 0.15) is 58.3 Å². The van der Waals surface area contributed by atoms with Gasteiger partial charge in [0.05, 0.1) is 28.6 Å². The Morgan fingerprint density at radius 1 is 1.24 bits per heavy atom. The van der Waals surface area contributed by atoms with E-state index in [1.807, 2.05) is 40.7 Å². The number of nitrogens with zero attached hydrogens (tertiary/aromatic N) is 4. The van der Waals surface area contributed by atoms with Crippen LogP contribution in [0.3, 0.4) is 0 Å². The number of ether oxygens (including phenoxy) is 1. The number of nitro benzene ring substituents is 1. The van der Waals surface area contributed by atoms with Crippen LogP contribution in [0, 0.1) is 15.5 Å². The van der Waals surface area contributed by atoms with E-state index in [0.29, 0.717) is 26.8 Å². The van der Waals surface area contributed by atoms with Crippen molar-refractivity contribution in [3.8, 4) is 5.75 Å². The van der Waals surface area contributed by atoms with Crippen molar-refractivity contribution in [3.63, 3.8) is 0 Å². The quantitative estimate of drug-likeness (QED) is 0.173. The lowest BCUT2D eigenvalue weighted by Gasteiger charge is -2.20. The summed E-state index contributed by atoms with van der Waals surface area (Å²) in [5, 5.41) is 16.6. The zero-order valence-electron chi connectivity index (χ0n) is 19.6. The summed E-state index contributed by atoms with van der Waals surface area (Å²) in [7, 11) is 0. The molecule has 0 radical (unpaired) electrons. The first-order chi connectivity index (χ1) is 15.9. The zero-order chi connectivity index (χ0) is 25.2. The molecular formula is C24H26Br2N4O4. The molecule has 180 valence electrons. The van der Waals surface area contributed by atoms with Gasteiger partial charge in [-0.2, -0.15) is 9.78 Å². The Kier molecular flexibility index (Phi) is 7.92. The van der Waals surface area contributed by atoms with E-state index in [1.165, 1.54) is 17.0 Å². The van der Waals surface area contributed by atoms with Crippen LogP contribution < -0.4 is 10.3 Å². The highest BCUT2D eigenvalue weighted by Gasteiger charge is 2.23. The van der Waals surface area contributed by atoms with Crippen molar-refractivity contribution in [2.45, 2.75) is 47.0 Å². The van der Waals surface area contributed by atoms with Gasteiger partial charge < -0.3 is 4.74 Å². The standard InChI is InChI=1S/C24H26Br2N4O4/c1-6-14(2)22-28-19-8-7-16(25)10-18(19)23(31)29(22)27-12-15-9-17(26)11-20(30(32)33)21(15)34-13-24(3,4)5/h7-12,14H,6,13H2,1-5H3/t14-/m1/s1. The van der Waals surface area contributed by atoms with E-state index in [-0.39, 0.29) is 34.9 Å². The summed E-state index contributed by atoms with van der Waals surface area (Å²) in [6.45, 7) is 10.2. The van der Waals surface area contributed by atoms with Gasteiger partial charge in [0.2, 0.25) is 5.75 Å². The van der Waals surface area contributed by atoms with Gasteiger partial charge in [-0.05, 0) is 36.1 Å². The third-order valence-corrected chi connectivity index (χ3v) is 6.06. The molecule has 0 amide bonds. The highest BCUT2D eigenvalue weighted by Crippen LogP contribution is 2.35. The van der Waals surface area contributed by atoms with E-state index in [2.05, 4.69) is 37.0 Å². The first-order valence-corrected chi connectivity index (χ1v) is 12.4. The largest absolute Gasteiger partial charge is 0.486 e. The number of fused-ring (bicyclic) bond motifs is 1. The number of nitro groups is 1. The Labute approximate surface area is 214 Å². The van der Waals surface area contributed by atoms with E-state index in [4.69, 9.17) is 9.72 Å². The summed E-state index contributed by atoms with van der Waals surface area (Å²) in [5.41, 5.74) is 0.240. The lowest BCUT2D eigenvalue weighted by atomic mass is 9.98. The van der Waals surface area contributed by atoms with Crippen molar-refractivity contribution in [1.82, 2.24) is 9.66 Å². The fourth-order valence-corrected chi connectivity index (χ4v) is 4.00. The molecule has 0 saturated carbocycles. The van der Waals surface area contributed by atoms with Crippen molar-refractivity contribution in [1.29, 1.82) is 0 Å². The Balaban J connectivity index is 2.22. The molecule has 8 nitrogen and oxygen atoms in total. The van der Waals surface area contributed by atoms with Crippen LogP contribution in [-0.2, 0) is 0 Å². The van der Waals surface area contributed by atoms with Crippen LogP contribution in [0.25, 0.3) is 10.9 Å². The first kappa shape index (κ1) is 26.0. The number of hydrogen-bond donors (Lipinski definition) is 0. The second-order valence-corrected chi connectivity index (χ2v) is 11.1. The average molecular weight is 594 g/mol. The van der Waals surface area contributed by atoms with Crippen molar-refractivity contribution in [3.05, 3.63) is 71.1 Å². The van der Waals surface area contributed by atoms with Crippen molar-refractivity contribution in [2.75, 3.05) is 6.61 Å². The summed E-state index contributed by atoms with van der Waals surface area (Å²) in [6.07, 6.45) is 2.17. The molecule has 1 heterocycles. The molecular weight excluding hydrogens is 568 g/mol. The summed E-state index contributed by atoms with van der Waals surface area (Å²) < 4.78 is 8.41. The fourth-order valence-electron chi connectivity index (χ4n) is 3.18. The molecule has 1 aromatic heterocycles. The number of hydrogen-bond acceptors (Lipinski definition) is 6. The van der Waals surface area contributed by atoms with Gasteiger partial charge in [-0.3, -0.25) is 14.9 Å². The molecule has 3 aromatic rings. The van der Waals surface area contributed by atoms with Crippen molar-refractivity contribution in [2.24, 2.45) is 10.5 Å². The molecule has 0 fully saturated rings. The highest BCUT2D eigenvalue weighted by molar-refractivity contribution is 9.10. The first-order valence-electron chi connectivity index (χ1n) is 10.8. The van der Waals surface area contributed by atoms with Crippen LogP contribution in [-0.4, -0.2) is 27.4 Å². The van der Waals surface area contributed by atoms with E-state index in [0.717, 1.165) is 10.9 Å².